The Hall–Kier alpha value is -1.63. The molecule has 4 N–H and O–H groups in total. The third kappa shape index (κ3) is 3.93. The van der Waals surface area contributed by atoms with Crippen molar-refractivity contribution in [2.75, 3.05) is 28.7 Å². The zero-order valence-corrected chi connectivity index (χ0v) is 13.3. The lowest BCUT2D eigenvalue weighted by atomic mass is 9.86. The molecule has 0 radical (unpaired) electrons. The molecule has 2 rings (SSSR count). The monoisotopic (exact) mass is 293 g/mol. The summed E-state index contributed by atoms with van der Waals surface area (Å²) < 4.78 is 0. The fourth-order valence-corrected chi connectivity index (χ4v) is 2.84. The van der Waals surface area contributed by atoms with Gasteiger partial charge in [-0.15, -0.1) is 0 Å². The minimum atomic E-state index is 0.401. The van der Waals surface area contributed by atoms with Crippen molar-refractivity contribution in [3.05, 3.63) is 0 Å². The van der Waals surface area contributed by atoms with Crippen molar-refractivity contribution in [1.82, 2.24) is 15.0 Å². The van der Waals surface area contributed by atoms with E-state index in [-0.39, 0.29) is 0 Å². The number of rotatable bonds is 6. The van der Waals surface area contributed by atoms with Gasteiger partial charge in [0.2, 0.25) is 17.8 Å². The first-order chi connectivity index (χ1) is 10.2. The van der Waals surface area contributed by atoms with Gasteiger partial charge in [0.15, 0.2) is 0 Å². The lowest BCUT2D eigenvalue weighted by Crippen LogP contribution is -2.32. The molecule has 7 nitrogen and oxygen atoms in total. The van der Waals surface area contributed by atoms with Crippen molar-refractivity contribution >= 4 is 17.8 Å². The van der Waals surface area contributed by atoms with Crippen LogP contribution < -0.4 is 21.5 Å². The molecular weight excluding hydrogens is 266 g/mol. The summed E-state index contributed by atoms with van der Waals surface area (Å²) in [5.41, 5.74) is 2.53. The summed E-state index contributed by atoms with van der Waals surface area (Å²) in [5, 5.41) is 3.46. The Morgan fingerprint density at radius 1 is 1.10 bits per heavy atom. The van der Waals surface area contributed by atoms with Crippen LogP contribution in [-0.2, 0) is 0 Å². The van der Waals surface area contributed by atoms with Crippen LogP contribution in [-0.4, -0.2) is 34.1 Å². The average molecular weight is 293 g/mol. The molecule has 1 aromatic heterocycles. The molecule has 7 heteroatoms. The van der Waals surface area contributed by atoms with Crippen molar-refractivity contribution in [1.29, 1.82) is 0 Å². The van der Waals surface area contributed by atoms with Gasteiger partial charge in [0.25, 0.3) is 0 Å². The van der Waals surface area contributed by atoms with Crippen LogP contribution in [0.4, 0.5) is 17.8 Å². The average Bonchev–Trinajstić information content (AvgIpc) is 2.50. The molecule has 0 aromatic carbocycles. The summed E-state index contributed by atoms with van der Waals surface area (Å²) in [5.74, 6) is 7.79. The molecule has 1 fully saturated rings. The maximum atomic E-state index is 5.48. The van der Waals surface area contributed by atoms with Gasteiger partial charge in [0.05, 0.1) is 0 Å². The number of hydrogen-bond acceptors (Lipinski definition) is 7. The number of nitrogen functional groups attached to an aromatic ring is 1. The lowest BCUT2D eigenvalue weighted by molar-refractivity contribution is 0.348. The zero-order chi connectivity index (χ0) is 15.2. The van der Waals surface area contributed by atoms with Crippen LogP contribution in [0.15, 0.2) is 0 Å². The van der Waals surface area contributed by atoms with E-state index in [9.17, 15) is 0 Å². The number of nitrogens with two attached hydrogens (primary N) is 1. The highest BCUT2D eigenvalue weighted by Gasteiger charge is 2.22. The fourth-order valence-electron chi connectivity index (χ4n) is 2.84. The SMILES string of the molecule is CCN(CC)c1nc(NN)nc(NC2CCCCC2C)n1. The molecular formula is C14H27N7. The summed E-state index contributed by atoms with van der Waals surface area (Å²) in [6.45, 7) is 8.15. The molecule has 2 atom stereocenters. The van der Waals surface area contributed by atoms with E-state index < -0.39 is 0 Å². The van der Waals surface area contributed by atoms with E-state index in [1.165, 1.54) is 25.7 Å². The third-order valence-electron chi connectivity index (χ3n) is 4.22. The van der Waals surface area contributed by atoms with Crippen LogP contribution in [0.2, 0.25) is 0 Å². The molecule has 2 unspecified atom stereocenters. The van der Waals surface area contributed by atoms with Gasteiger partial charge < -0.3 is 10.2 Å². The molecule has 0 saturated heterocycles. The van der Waals surface area contributed by atoms with Crippen molar-refractivity contribution in [2.24, 2.45) is 11.8 Å². The van der Waals surface area contributed by atoms with Gasteiger partial charge in [-0.05, 0) is 32.6 Å². The molecule has 118 valence electrons. The minimum Gasteiger partial charge on any atom is -0.351 e. The minimum absolute atomic E-state index is 0.401. The van der Waals surface area contributed by atoms with Gasteiger partial charge in [-0.1, -0.05) is 19.8 Å². The van der Waals surface area contributed by atoms with E-state index >= 15 is 0 Å². The second-order valence-electron chi connectivity index (χ2n) is 5.61. The highest BCUT2D eigenvalue weighted by Crippen LogP contribution is 2.26. The molecule has 1 aliphatic carbocycles. The van der Waals surface area contributed by atoms with E-state index in [1.54, 1.807) is 0 Å². The van der Waals surface area contributed by atoms with Gasteiger partial charge in [-0.2, -0.15) is 15.0 Å². The van der Waals surface area contributed by atoms with Crippen LogP contribution in [0.5, 0.6) is 0 Å². The molecule has 21 heavy (non-hydrogen) atoms. The summed E-state index contributed by atoms with van der Waals surface area (Å²) in [6.07, 6.45) is 5.00. The Kier molecular flexibility index (Phi) is 5.55. The van der Waals surface area contributed by atoms with Gasteiger partial charge in [-0.3, -0.25) is 5.43 Å². The second kappa shape index (κ2) is 7.40. The van der Waals surface area contributed by atoms with Crippen LogP contribution in [0.1, 0.15) is 46.5 Å². The number of nitrogens with zero attached hydrogens (tertiary/aromatic N) is 4. The fraction of sp³-hybridized carbons (Fsp3) is 0.786. The Balaban J connectivity index is 2.19. The number of anilines is 3. The summed E-state index contributed by atoms with van der Waals surface area (Å²) in [4.78, 5) is 15.3. The smallest absolute Gasteiger partial charge is 0.243 e. The first-order valence-corrected chi connectivity index (χ1v) is 7.92. The van der Waals surface area contributed by atoms with Gasteiger partial charge >= 0.3 is 0 Å². The van der Waals surface area contributed by atoms with Gasteiger partial charge in [-0.25, -0.2) is 5.84 Å². The molecule has 1 heterocycles. The molecule has 1 saturated carbocycles. The second-order valence-corrected chi connectivity index (χ2v) is 5.61. The quantitative estimate of drug-likeness (QED) is 0.545. The maximum Gasteiger partial charge on any atom is 0.243 e. The number of nitrogens with one attached hydrogen (secondary N) is 2. The maximum absolute atomic E-state index is 5.48. The van der Waals surface area contributed by atoms with Crippen molar-refractivity contribution in [2.45, 2.75) is 52.5 Å². The van der Waals surface area contributed by atoms with E-state index in [0.717, 1.165) is 13.1 Å². The molecule has 0 spiro atoms. The Bertz CT molecular complexity index is 447. The molecule has 1 aliphatic rings. The molecule has 1 aromatic rings. The van der Waals surface area contributed by atoms with Crippen molar-refractivity contribution < 1.29 is 0 Å². The summed E-state index contributed by atoms with van der Waals surface area (Å²) in [6, 6.07) is 0.427. The number of aromatic nitrogens is 3. The van der Waals surface area contributed by atoms with E-state index in [2.05, 4.69) is 51.4 Å². The predicted molar refractivity (Wildman–Crippen MR) is 86.2 cm³/mol. The Morgan fingerprint density at radius 3 is 2.38 bits per heavy atom. The highest BCUT2D eigenvalue weighted by atomic mass is 15.4. The van der Waals surface area contributed by atoms with Crippen LogP contribution in [0.25, 0.3) is 0 Å². The zero-order valence-electron chi connectivity index (χ0n) is 13.3. The van der Waals surface area contributed by atoms with Crippen molar-refractivity contribution in [3.8, 4) is 0 Å². The van der Waals surface area contributed by atoms with Crippen LogP contribution in [0, 0.1) is 5.92 Å². The molecule has 0 aliphatic heterocycles. The Morgan fingerprint density at radius 2 is 1.76 bits per heavy atom. The highest BCUT2D eigenvalue weighted by molar-refractivity contribution is 5.43. The lowest BCUT2D eigenvalue weighted by Gasteiger charge is -2.29. The third-order valence-corrected chi connectivity index (χ3v) is 4.22. The Labute approximate surface area is 126 Å². The number of hydrazine groups is 1. The predicted octanol–water partition coefficient (Wildman–Crippen LogP) is 1.99. The van der Waals surface area contributed by atoms with Crippen LogP contribution in [0.3, 0.4) is 0 Å². The van der Waals surface area contributed by atoms with E-state index in [0.29, 0.717) is 29.8 Å². The first-order valence-electron chi connectivity index (χ1n) is 7.92. The van der Waals surface area contributed by atoms with Gasteiger partial charge in [0.1, 0.15) is 0 Å². The number of hydrogen-bond donors (Lipinski definition) is 3. The standard InChI is InChI=1S/C14H27N7/c1-4-21(5-2)14-18-12(17-13(19-14)20-15)16-11-9-7-6-8-10(11)3/h10-11H,4-9,15H2,1-3H3,(H2,16,17,18,19,20). The summed E-state index contributed by atoms with van der Waals surface area (Å²) >= 11 is 0. The largest absolute Gasteiger partial charge is 0.351 e. The van der Waals surface area contributed by atoms with Gasteiger partial charge in [0, 0.05) is 19.1 Å². The molecule has 0 bridgehead atoms. The normalized spacial score (nSPS) is 21.9. The molecule has 0 amide bonds. The summed E-state index contributed by atoms with van der Waals surface area (Å²) in [7, 11) is 0. The topological polar surface area (TPSA) is 92.0 Å². The first kappa shape index (κ1) is 15.8. The van der Waals surface area contributed by atoms with Crippen molar-refractivity contribution in [3.63, 3.8) is 0 Å². The van der Waals surface area contributed by atoms with E-state index in [1.807, 2.05) is 0 Å². The van der Waals surface area contributed by atoms with E-state index in [4.69, 9.17) is 5.84 Å². The van der Waals surface area contributed by atoms with Crippen LogP contribution >= 0.6 is 0 Å².